The van der Waals surface area contributed by atoms with Gasteiger partial charge in [0.2, 0.25) is 5.91 Å². The Kier molecular flexibility index (Phi) is 6.07. The molecule has 1 aromatic carbocycles. The zero-order chi connectivity index (χ0) is 22.7. The highest BCUT2D eigenvalue weighted by molar-refractivity contribution is 5.89. The Morgan fingerprint density at radius 3 is 2.52 bits per heavy atom. The summed E-state index contributed by atoms with van der Waals surface area (Å²) >= 11 is 0. The van der Waals surface area contributed by atoms with E-state index >= 15 is 0 Å². The molecule has 1 saturated carbocycles. The number of pyridine rings is 1. The third-order valence-electron chi connectivity index (χ3n) is 7.34. The molecule has 33 heavy (non-hydrogen) atoms. The predicted molar refractivity (Wildman–Crippen MR) is 127 cm³/mol. The summed E-state index contributed by atoms with van der Waals surface area (Å²) in [5.41, 5.74) is 3.82. The second-order valence-corrected chi connectivity index (χ2v) is 9.17. The molecule has 0 unspecified atom stereocenters. The summed E-state index contributed by atoms with van der Waals surface area (Å²) < 4.78 is 5.34. The van der Waals surface area contributed by atoms with Crippen LogP contribution in [0.1, 0.15) is 55.7 Å². The minimum Gasteiger partial charge on any atom is -0.497 e. The van der Waals surface area contributed by atoms with Gasteiger partial charge in [-0.05, 0) is 61.1 Å². The Hall–Kier alpha value is -3.28. The van der Waals surface area contributed by atoms with Gasteiger partial charge in [0.15, 0.2) is 0 Å². The number of amides is 1. The fourth-order valence-electron chi connectivity index (χ4n) is 5.62. The van der Waals surface area contributed by atoms with Gasteiger partial charge in [0.25, 0.3) is 0 Å². The van der Waals surface area contributed by atoms with Crippen LogP contribution in [0.4, 0.5) is 0 Å². The maximum Gasteiger partial charge on any atom is 0.233 e. The van der Waals surface area contributed by atoms with E-state index in [1.807, 2.05) is 30.5 Å². The van der Waals surface area contributed by atoms with Crippen LogP contribution < -0.4 is 4.74 Å². The van der Waals surface area contributed by atoms with Crippen LogP contribution in [0.25, 0.3) is 11.1 Å². The lowest BCUT2D eigenvalue weighted by Gasteiger charge is -2.39. The lowest BCUT2D eigenvalue weighted by molar-refractivity contribution is -0.138. The molecule has 0 radical (unpaired) electrons. The average Bonchev–Trinajstić information content (AvgIpc) is 3.40. The lowest BCUT2D eigenvalue weighted by atomic mass is 9.76. The van der Waals surface area contributed by atoms with Crippen LogP contribution in [-0.4, -0.2) is 46.0 Å². The van der Waals surface area contributed by atoms with Gasteiger partial charge in [0.1, 0.15) is 12.1 Å². The number of aromatic nitrogens is 3. The Labute approximate surface area is 195 Å². The van der Waals surface area contributed by atoms with E-state index in [1.54, 1.807) is 25.8 Å². The van der Waals surface area contributed by atoms with Gasteiger partial charge in [-0.2, -0.15) is 0 Å². The molecule has 170 valence electrons. The molecular weight excluding hydrogens is 412 g/mol. The Morgan fingerprint density at radius 2 is 1.79 bits per heavy atom. The summed E-state index contributed by atoms with van der Waals surface area (Å²) in [6.07, 6.45) is 13.1. The lowest BCUT2D eigenvalue weighted by Crippen LogP contribution is -2.49. The molecule has 0 bridgehead atoms. The highest BCUT2D eigenvalue weighted by Crippen LogP contribution is 2.44. The third kappa shape index (κ3) is 4.10. The van der Waals surface area contributed by atoms with Crippen molar-refractivity contribution in [3.05, 3.63) is 72.6 Å². The monoisotopic (exact) mass is 442 g/mol. The van der Waals surface area contributed by atoms with E-state index in [9.17, 15) is 4.79 Å². The summed E-state index contributed by atoms with van der Waals surface area (Å²) in [6.45, 7) is 1.51. The zero-order valence-corrected chi connectivity index (χ0v) is 19.1. The quantitative estimate of drug-likeness (QED) is 0.570. The molecule has 2 aromatic heterocycles. The van der Waals surface area contributed by atoms with Crippen molar-refractivity contribution in [1.82, 2.24) is 19.9 Å². The summed E-state index contributed by atoms with van der Waals surface area (Å²) in [7, 11) is 1.67. The Morgan fingerprint density at radius 1 is 1.03 bits per heavy atom. The van der Waals surface area contributed by atoms with Gasteiger partial charge >= 0.3 is 0 Å². The Bertz CT molecular complexity index is 1090. The number of hydrogen-bond acceptors (Lipinski definition) is 5. The molecule has 1 amide bonds. The number of piperidine rings is 1. The topological polar surface area (TPSA) is 68.2 Å². The largest absolute Gasteiger partial charge is 0.497 e. The van der Waals surface area contributed by atoms with Crippen molar-refractivity contribution in [2.45, 2.75) is 49.9 Å². The van der Waals surface area contributed by atoms with Crippen molar-refractivity contribution in [1.29, 1.82) is 0 Å². The first-order valence-electron chi connectivity index (χ1n) is 11.9. The SMILES string of the molecule is COc1ccc(C2(C(=O)N3CCC[C@@H](c4ncncc4-c4ccncc4)C3)CCCC2)cc1. The van der Waals surface area contributed by atoms with Gasteiger partial charge in [0.05, 0.1) is 18.2 Å². The molecule has 6 nitrogen and oxygen atoms in total. The second-order valence-electron chi connectivity index (χ2n) is 9.17. The predicted octanol–water partition coefficient (Wildman–Crippen LogP) is 4.77. The first kappa shape index (κ1) is 21.6. The minimum atomic E-state index is -0.423. The van der Waals surface area contributed by atoms with Gasteiger partial charge in [-0.25, -0.2) is 9.97 Å². The average molecular weight is 443 g/mol. The van der Waals surface area contributed by atoms with Crippen LogP contribution in [0.15, 0.2) is 61.3 Å². The number of likely N-dealkylation sites (tertiary alicyclic amines) is 1. The Balaban J connectivity index is 1.42. The van der Waals surface area contributed by atoms with Crippen LogP contribution in [-0.2, 0) is 10.2 Å². The third-order valence-corrected chi connectivity index (χ3v) is 7.34. The second kappa shape index (κ2) is 9.30. The molecule has 1 aliphatic carbocycles. The standard InChI is InChI=1S/C27H30N4O2/c1-33-23-8-6-22(7-9-23)27(12-2-3-13-27)26(32)31-16-4-5-21(18-31)25-24(17-29-19-30-25)20-10-14-28-15-11-20/h6-11,14-15,17,19,21H,2-5,12-13,16,18H2,1H3/t21-/m1/s1. The zero-order valence-electron chi connectivity index (χ0n) is 19.1. The molecule has 2 aliphatic rings. The van der Waals surface area contributed by atoms with E-state index in [0.717, 1.165) is 73.2 Å². The van der Waals surface area contributed by atoms with Crippen molar-refractivity contribution in [2.75, 3.05) is 20.2 Å². The van der Waals surface area contributed by atoms with Gasteiger partial charge in [-0.3, -0.25) is 9.78 Å². The molecular formula is C27H30N4O2. The number of hydrogen-bond donors (Lipinski definition) is 0. The summed E-state index contributed by atoms with van der Waals surface area (Å²) in [4.78, 5) is 29.3. The molecule has 1 saturated heterocycles. The smallest absolute Gasteiger partial charge is 0.233 e. The maximum atomic E-state index is 14.1. The minimum absolute atomic E-state index is 0.197. The number of carbonyl (C=O) groups is 1. The summed E-state index contributed by atoms with van der Waals surface area (Å²) in [5, 5.41) is 0. The number of nitrogens with zero attached hydrogens (tertiary/aromatic N) is 4. The van der Waals surface area contributed by atoms with E-state index in [1.165, 1.54) is 0 Å². The van der Waals surface area contributed by atoms with Crippen molar-refractivity contribution < 1.29 is 9.53 Å². The van der Waals surface area contributed by atoms with Crippen molar-refractivity contribution in [3.8, 4) is 16.9 Å². The van der Waals surface area contributed by atoms with Crippen LogP contribution in [0.3, 0.4) is 0 Å². The van der Waals surface area contributed by atoms with E-state index in [-0.39, 0.29) is 11.8 Å². The van der Waals surface area contributed by atoms with Crippen molar-refractivity contribution in [3.63, 3.8) is 0 Å². The highest BCUT2D eigenvalue weighted by Gasteiger charge is 2.46. The fraction of sp³-hybridized carbons (Fsp3) is 0.407. The first-order chi connectivity index (χ1) is 16.2. The van der Waals surface area contributed by atoms with Gasteiger partial charge in [-0.15, -0.1) is 0 Å². The number of methoxy groups -OCH3 is 1. The molecule has 2 fully saturated rings. The summed E-state index contributed by atoms with van der Waals surface area (Å²) in [6, 6.07) is 12.1. The van der Waals surface area contributed by atoms with E-state index in [0.29, 0.717) is 6.54 Å². The van der Waals surface area contributed by atoms with E-state index in [4.69, 9.17) is 4.74 Å². The summed E-state index contributed by atoms with van der Waals surface area (Å²) in [5.74, 6) is 1.29. The molecule has 5 rings (SSSR count). The van der Waals surface area contributed by atoms with Crippen molar-refractivity contribution >= 4 is 5.91 Å². The number of ether oxygens (including phenoxy) is 1. The molecule has 0 N–H and O–H groups in total. The number of carbonyl (C=O) groups excluding carboxylic acids is 1. The number of rotatable bonds is 5. The van der Waals surface area contributed by atoms with E-state index < -0.39 is 5.41 Å². The van der Waals surface area contributed by atoms with Gasteiger partial charge < -0.3 is 9.64 Å². The molecule has 3 aromatic rings. The molecule has 1 aliphatic heterocycles. The fourth-order valence-corrected chi connectivity index (χ4v) is 5.62. The number of benzene rings is 1. The molecule has 1 atom stereocenters. The van der Waals surface area contributed by atoms with Crippen LogP contribution in [0.2, 0.25) is 0 Å². The van der Waals surface area contributed by atoms with Gasteiger partial charge in [0, 0.05) is 43.2 Å². The van der Waals surface area contributed by atoms with Gasteiger partial charge in [-0.1, -0.05) is 25.0 Å². The van der Waals surface area contributed by atoms with Crippen LogP contribution in [0.5, 0.6) is 5.75 Å². The van der Waals surface area contributed by atoms with Crippen LogP contribution in [0, 0.1) is 0 Å². The van der Waals surface area contributed by atoms with Crippen molar-refractivity contribution in [2.24, 2.45) is 0 Å². The molecule has 3 heterocycles. The van der Waals surface area contributed by atoms with Crippen LogP contribution >= 0.6 is 0 Å². The van der Waals surface area contributed by atoms with E-state index in [2.05, 4.69) is 32.0 Å². The molecule has 6 heteroatoms. The molecule has 0 spiro atoms. The highest BCUT2D eigenvalue weighted by atomic mass is 16.5. The first-order valence-corrected chi connectivity index (χ1v) is 11.9. The maximum absolute atomic E-state index is 14.1. The normalized spacial score (nSPS) is 19.9.